The summed E-state index contributed by atoms with van der Waals surface area (Å²) in [6.45, 7) is 6.47. The molecule has 0 saturated heterocycles. The zero-order valence-corrected chi connectivity index (χ0v) is 14.7. The first-order valence-corrected chi connectivity index (χ1v) is 8.33. The van der Waals surface area contributed by atoms with Crippen LogP contribution < -0.4 is 0 Å². The summed E-state index contributed by atoms with van der Waals surface area (Å²) in [4.78, 5) is 16.6. The molecule has 2 aromatic rings. The third kappa shape index (κ3) is 5.70. The molecule has 0 spiro atoms. The second-order valence-corrected chi connectivity index (χ2v) is 7.68. The van der Waals surface area contributed by atoms with Crippen LogP contribution in [0.5, 0.6) is 0 Å². The minimum Gasteiger partial charge on any atom is -0.391 e. The average molecular weight is 344 g/mol. The summed E-state index contributed by atoms with van der Waals surface area (Å²) in [7, 11) is 0. The maximum atomic E-state index is 10.6. The summed E-state index contributed by atoms with van der Waals surface area (Å²) in [5.74, 6) is 0. The molecule has 0 saturated carbocycles. The Bertz CT molecular complexity index is 710. The molecule has 5 nitrogen and oxygen atoms in total. The number of oxime groups is 1. The smallest absolute Gasteiger partial charge is 0.269 e. The van der Waals surface area contributed by atoms with E-state index in [1.165, 1.54) is 22.6 Å². The monoisotopic (exact) mass is 344 g/mol. The van der Waals surface area contributed by atoms with Crippen molar-refractivity contribution in [3.63, 3.8) is 0 Å². The Morgan fingerprint density at radius 2 is 1.79 bits per heavy atom. The minimum absolute atomic E-state index is 0.0675. The van der Waals surface area contributed by atoms with Gasteiger partial charge in [0.05, 0.1) is 15.9 Å². The van der Waals surface area contributed by atoms with Crippen LogP contribution in [0.4, 0.5) is 5.69 Å². The van der Waals surface area contributed by atoms with Crippen molar-refractivity contribution in [2.45, 2.75) is 37.0 Å². The Balaban J connectivity index is 1.85. The predicted octanol–water partition coefficient (Wildman–Crippen LogP) is 4.98. The van der Waals surface area contributed by atoms with Crippen molar-refractivity contribution in [1.82, 2.24) is 0 Å². The molecule has 0 heterocycles. The Morgan fingerprint density at radius 1 is 1.17 bits per heavy atom. The number of hydrogen-bond acceptors (Lipinski definition) is 5. The lowest BCUT2D eigenvalue weighted by Crippen LogP contribution is -2.16. The summed E-state index contributed by atoms with van der Waals surface area (Å²) in [5, 5.41) is 14.6. The fourth-order valence-corrected chi connectivity index (χ4v) is 2.90. The lowest BCUT2D eigenvalue weighted by atomic mass is 10.2. The van der Waals surface area contributed by atoms with Gasteiger partial charge in [-0.05, 0) is 50.6 Å². The van der Waals surface area contributed by atoms with Gasteiger partial charge in [0, 0.05) is 17.0 Å². The topological polar surface area (TPSA) is 64.7 Å². The Kier molecular flexibility index (Phi) is 5.98. The van der Waals surface area contributed by atoms with E-state index in [0.29, 0.717) is 0 Å². The quantitative estimate of drug-likeness (QED) is 0.308. The van der Waals surface area contributed by atoms with Crippen LogP contribution in [0.3, 0.4) is 0 Å². The third-order valence-electron chi connectivity index (χ3n) is 3.22. The Hall–Kier alpha value is -2.34. The molecule has 0 aliphatic carbocycles. The maximum Gasteiger partial charge on any atom is 0.269 e. The Labute approximate surface area is 145 Å². The van der Waals surface area contributed by atoms with E-state index < -0.39 is 4.92 Å². The Morgan fingerprint density at radius 3 is 2.38 bits per heavy atom. The lowest BCUT2D eigenvalue weighted by Gasteiger charge is -2.18. The number of thioether (sulfide) groups is 1. The van der Waals surface area contributed by atoms with Gasteiger partial charge < -0.3 is 4.84 Å². The number of non-ortho nitro benzene ring substituents is 1. The highest BCUT2D eigenvalue weighted by molar-refractivity contribution is 8.01. The zero-order chi connectivity index (χ0) is 17.6. The van der Waals surface area contributed by atoms with Crippen LogP contribution in [0.25, 0.3) is 0 Å². The molecule has 0 amide bonds. The van der Waals surface area contributed by atoms with E-state index in [-0.39, 0.29) is 17.0 Å². The van der Waals surface area contributed by atoms with Gasteiger partial charge >= 0.3 is 0 Å². The first kappa shape index (κ1) is 18.0. The van der Waals surface area contributed by atoms with Crippen molar-refractivity contribution >= 4 is 23.7 Å². The minimum atomic E-state index is -0.423. The van der Waals surface area contributed by atoms with Gasteiger partial charge in [0.2, 0.25) is 0 Å². The molecule has 0 aliphatic rings. The van der Waals surface area contributed by atoms with Crippen molar-refractivity contribution in [3.05, 3.63) is 69.8 Å². The first-order chi connectivity index (χ1) is 11.4. The number of benzene rings is 2. The van der Waals surface area contributed by atoms with Gasteiger partial charge in [-0.2, -0.15) is 0 Å². The molecule has 0 aliphatic heterocycles. The number of hydrogen-bond donors (Lipinski definition) is 0. The molecule has 0 N–H and O–H groups in total. The van der Waals surface area contributed by atoms with Gasteiger partial charge in [-0.1, -0.05) is 22.9 Å². The zero-order valence-electron chi connectivity index (χ0n) is 13.9. The predicted molar refractivity (Wildman–Crippen MR) is 97.5 cm³/mol. The van der Waals surface area contributed by atoms with Crippen molar-refractivity contribution in [3.8, 4) is 0 Å². The number of nitro groups is 1. The largest absolute Gasteiger partial charge is 0.391 e. The van der Waals surface area contributed by atoms with Crippen molar-refractivity contribution in [1.29, 1.82) is 0 Å². The molecule has 0 fully saturated rings. The number of aryl methyl sites for hydroxylation is 1. The highest BCUT2D eigenvalue weighted by atomic mass is 32.2. The SMILES string of the molecule is Cc1ccc(SC(C)(C)/C=N\OCc2ccc([N+](=O)[O-])cc2)cc1. The molecule has 0 atom stereocenters. The molecule has 0 radical (unpaired) electrons. The van der Waals surface area contributed by atoms with Crippen LogP contribution in [0, 0.1) is 17.0 Å². The van der Waals surface area contributed by atoms with Crippen molar-refractivity contribution in [2.24, 2.45) is 5.16 Å². The van der Waals surface area contributed by atoms with E-state index >= 15 is 0 Å². The van der Waals surface area contributed by atoms with Crippen LogP contribution in [-0.2, 0) is 11.4 Å². The van der Waals surface area contributed by atoms with Gasteiger partial charge in [-0.15, -0.1) is 11.8 Å². The highest BCUT2D eigenvalue weighted by Gasteiger charge is 2.17. The van der Waals surface area contributed by atoms with Crippen LogP contribution in [0.2, 0.25) is 0 Å². The number of nitrogens with zero attached hydrogens (tertiary/aromatic N) is 2. The van der Waals surface area contributed by atoms with E-state index in [9.17, 15) is 10.1 Å². The molecule has 0 aromatic heterocycles. The fraction of sp³-hybridized carbons (Fsp3) is 0.278. The second kappa shape index (κ2) is 7.97. The lowest BCUT2D eigenvalue weighted by molar-refractivity contribution is -0.384. The normalized spacial score (nSPS) is 11.6. The van der Waals surface area contributed by atoms with Crippen molar-refractivity contribution < 1.29 is 9.76 Å². The van der Waals surface area contributed by atoms with E-state index in [1.807, 2.05) is 0 Å². The summed E-state index contributed by atoms with van der Waals surface area (Å²) in [6.07, 6.45) is 1.77. The van der Waals surface area contributed by atoms with Crippen molar-refractivity contribution in [2.75, 3.05) is 0 Å². The first-order valence-electron chi connectivity index (χ1n) is 7.51. The molecule has 2 rings (SSSR count). The van der Waals surface area contributed by atoms with E-state index in [0.717, 1.165) is 5.56 Å². The van der Waals surface area contributed by atoms with Gasteiger partial charge in [0.25, 0.3) is 5.69 Å². The maximum absolute atomic E-state index is 10.6. The van der Waals surface area contributed by atoms with Gasteiger partial charge in [0.1, 0.15) is 6.61 Å². The molecular weight excluding hydrogens is 324 g/mol. The molecule has 126 valence electrons. The van der Waals surface area contributed by atoms with Gasteiger partial charge in [-0.3, -0.25) is 10.1 Å². The molecule has 0 unspecified atom stereocenters. The molecular formula is C18H20N2O3S. The standard InChI is InChI=1S/C18H20N2O3S/c1-14-4-10-17(11-5-14)24-18(2,3)13-19-23-12-15-6-8-16(9-7-15)20(21)22/h4-11,13H,12H2,1-3H3/b19-13-. The second-order valence-electron chi connectivity index (χ2n) is 5.95. The summed E-state index contributed by atoms with van der Waals surface area (Å²) in [6, 6.07) is 14.6. The van der Waals surface area contributed by atoms with E-state index in [1.54, 1.807) is 30.1 Å². The fourth-order valence-electron chi connectivity index (χ4n) is 1.93. The highest BCUT2D eigenvalue weighted by Crippen LogP contribution is 2.31. The number of nitro benzene ring substituents is 1. The number of rotatable bonds is 7. The van der Waals surface area contributed by atoms with E-state index in [4.69, 9.17) is 4.84 Å². The van der Waals surface area contributed by atoms with Crippen LogP contribution in [0.15, 0.2) is 58.6 Å². The van der Waals surface area contributed by atoms with Crippen LogP contribution in [-0.4, -0.2) is 15.9 Å². The molecule has 6 heteroatoms. The molecule has 24 heavy (non-hydrogen) atoms. The van der Waals surface area contributed by atoms with Gasteiger partial charge in [0.15, 0.2) is 0 Å². The summed E-state index contributed by atoms with van der Waals surface area (Å²) >= 11 is 1.70. The van der Waals surface area contributed by atoms with Gasteiger partial charge in [-0.25, -0.2) is 0 Å². The van der Waals surface area contributed by atoms with Crippen LogP contribution in [0.1, 0.15) is 25.0 Å². The third-order valence-corrected chi connectivity index (χ3v) is 4.36. The molecule has 2 aromatic carbocycles. The summed E-state index contributed by atoms with van der Waals surface area (Å²) in [5.41, 5.74) is 2.14. The molecule has 0 bridgehead atoms. The van der Waals surface area contributed by atoms with Crippen LogP contribution >= 0.6 is 11.8 Å². The average Bonchev–Trinajstić information content (AvgIpc) is 2.54. The summed E-state index contributed by atoms with van der Waals surface area (Å²) < 4.78 is -0.204. The van der Waals surface area contributed by atoms with E-state index in [2.05, 4.69) is 50.2 Å².